The summed E-state index contributed by atoms with van der Waals surface area (Å²) in [6.45, 7) is 0. The van der Waals surface area contributed by atoms with Crippen molar-refractivity contribution in [3.8, 4) is 5.88 Å². The lowest BCUT2D eigenvalue weighted by molar-refractivity contribution is 0.0697. The summed E-state index contributed by atoms with van der Waals surface area (Å²) >= 11 is 0. The summed E-state index contributed by atoms with van der Waals surface area (Å²) in [6.07, 6.45) is 1.02. The smallest absolute Gasteiger partial charge is 0.335 e. The van der Waals surface area contributed by atoms with Crippen molar-refractivity contribution in [3.05, 3.63) is 56.2 Å². The van der Waals surface area contributed by atoms with Gasteiger partial charge in [-0.1, -0.05) is 0 Å². The van der Waals surface area contributed by atoms with Crippen molar-refractivity contribution in [3.63, 3.8) is 0 Å². The van der Waals surface area contributed by atoms with E-state index in [1.54, 1.807) is 0 Å². The number of nitrogens with one attached hydrogen (secondary N) is 3. The fourth-order valence-electron chi connectivity index (χ4n) is 1.46. The molecule has 1 aromatic carbocycles. The number of aromatic nitrogens is 2. The maximum Gasteiger partial charge on any atom is 0.335 e. The quantitative estimate of drug-likeness (QED) is 0.392. The van der Waals surface area contributed by atoms with Crippen LogP contribution in [0.5, 0.6) is 5.88 Å². The number of rotatable bonds is 4. The second-order valence-corrected chi connectivity index (χ2v) is 3.92. The molecule has 0 unspecified atom stereocenters. The Morgan fingerprint density at radius 3 is 2.43 bits per heavy atom. The molecule has 0 aliphatic rings. The molecule has 1 aromatic heterocycles. The van der Waals surface area contributed by atoms with Crippen LogP contribution in [0.15, 0.2) is 39.0 Å². The van der Waals surface area contributed by atoms with E-state index in [0.717, 1.165) is 6.21 Å². The number of aromatic amines is 2. The summed E-state index contributed by atoms with van der Waals surface area (Å²) in [4.78, 5) is 36.9. The van der Waals surface area contributed by atoms with Gasteiger partial charge in [0.15, 0.2) is 0 Å². The van der Waals surface area contributed by atoms with Crippen molar-refractivity contribution in [2.75, 3.05) is 5.43 Å². The summed E-state index contributed by atoms with van der Waals surface area (Å²) in [6, 6.07) is 5.73. The number of anilines is 1. The Morgan fingerprint density at radius 1 is 1.19 bits per heavy atom. The van der Waals surface area contributed by atoms with E-state index in [1.807, 2.05) is 9.97 Å². The number of benzene rings is 1. The number of carbonyl (C=O) groups is 1. The predicted octanol–water partition coefficient (Wildman–Crippen LogP) is -0.0870. The molecule has 0 saturated carbocycles. The first-order chi connectivity index (χ1) is 9.97. The third-order valence-electron chi connectivity index (χ3n) is 2.48. The molecule has 0 aliphatic heterocycles. The molecule has 108 valence electrons. The molecular formula is C12H10N4O5. The molecule has 0 aliphatic carbocycles. The molecule has 0 fully saturated rings. The van der Waals surface area contributed by atoms with Crippen molar-refractivity contribution >= 4 is 17.9 Å². The van der Waals surface area contributed by atoms with Gasteiger partial charge in [0.05, 0.1) is 17.5 Å². The largest absolute Gasteiger partial charge is 0.494 e. The number of aromatic hydroxyl groups is 1. The van der Waals surface area contributed by atoms with Gasteiger partial charge < -0.3 is 10.2 Å². The highest BCUT2D eigenvalue weighted by atomic mass is 16.4. The van der Waals surface area contributed by atoms with Crippen LogP contribution in [0, 0.1) is 0 Å². The maximum atomic E-state index is 11.4. The number of aromatic carboxylic acids is 1. The monoisotopic (exact) mass is 290 g/mol. The van der Waals surface area contributed by atoms with Crippen molar-refractivity contribution in [2.24, 2.45) is 5.10 Å². The van der Waals surface area contributed by atoms with Crippen LogP contribution in [0.2, 0.25) is 0 Å². The zero-order chi connectivity index (χ0) is 15.4. The first-order valence-corrected chi connectivity index (χ1v) is 5.65. The average Bonchev–Trinajstić information content (AvgIpc) is 2.42. The molecule has 0 atom stereocenters. The molecule has 2 aromatic rings. The second kappa shape index (κ2) is 5.74. The molecule has 9 nitrogen and oxygen atoms in total. The summed E-state index contributed by atoms with van der Waals surface area (Å²) in [5.41, 5.74) is 1.32. The Hall–Kier alpha value is -3.36. The zero-order valence-corrected chi connectivity index (χ0v) is 10.5. The highest BCUT2D eigenvalue weighted by molar-refractivity contribution is 5.88. The Balaban J connectivity index is 2.14. The van der Waals surface area contributed by atoms with Gasteiger partial charge in [0.2, 0.25) is 5.88 Å². The van der Waals surface area contributed by atoms with E-state index in [-0.39, 0.29) is 11.1 Å². The van der Waals surface area contributed by atoms with E-state index < -0.39 is 23.1 Å². The van der Waals surface area contributed by atoms with Gasteiger partial charge in [0, 0.05) is 0 Å². The van der Waals surface area contributed by atoms with E-state index in [1.165, 1.54) is 24.3 Å². The van der Waals surface area contributed by atoms with Gasteiger partial charge >= 0.3 is 11.7 Å². The van der Waals surface area contributed by atoms with Gasteiger partial charge in [-0.05, 0) is 24.3 Å². The van der Waals surface area contributed by atoms with Crippen LogP contribution in [0.4, 0.5) is 5.69 Å². The van der Waals surface area contributed by atoms with Gasteiger partial charge in [-0.2, -0.15) is 5.10 Å². The summed E-state index contributed by atoms with van der Waals surface area (Å²) in [5.74, 6) is -1.65. The third-order valence-corrected chi connectivity index (χ3v) is 2.48. The lowest BCUT2D eigenvalue weighted by Crippen LogP contribution is -2.25. The molecule has 0 spiro atoms. The minimum absolute atomic E-state index is 0.124. The number of hydrazone groups is 1. The van der Waals surface area contributed by atoms with Crippen molar-refractivity contribution in [1.29, 1.82) is 0 Å². The lowest BCUT2D eigenvalue weighted by Gasteiger charge is -2.01. The molecule has 2 rings (SSSR count). The molecule has 1 heterocycles. The van der Waals surface area contributed by atoms with Crippen LogP contribution in [0.3, 0.4) is 0 Å². The third kappa shape index (κ3) is 3.35. The predicted molar refractivity (Wildman–Crippen MR) is 74.0 cm³/mol. The summed E-state index contributed by atoms with van der Waals surface area (Å²) < 4.78 is 0. The number of hydrogen-bond donors (Lipinski definition) is 5. The highest BCUT2D eigenvalue weighted by Crippen LogP contribution is 2.09. The second-order valence-electron chi connectivity index (χ2n) is 3.92. The van der Waals surface area contributed by atoms with E-state index >= 15 is 0 Å². The Kier molecular flexibility index (Phi) is 3.84. The van der Waals surface area contributed by atoms with Gasteiger partial charge in [-0.15, -0.1) is 0 Å². The molecule has 9 heteroatoms. The van der Waals surface area contributed by atoms with Gasteiger partial charge in [-0.3, -0.25) is 20.2 Å². The number of H-pyrrole nitrogens is 2. The average molecular weight is 290 g/mol. The number of carboxylic acid groups (broad SMARTS) is 1. The topological polar surface area (TPSA) is 148 Å². The van der Waals surface area contributed by atoms with Crippen LogP contribution in [0.25, 0.3) is 0 Å². The van der Waals surface area contributed by atoms with E-state index in [4.69, 9.17) is 5.11 Å². The van der Waals surface area contributed by atoms with E-state index in [0.29, 0.717) is 5.69 Å². The first-order valence-electron chi connectivity index (χ1n) is 5.65. The standard InChI is InChI=1S/C12H10N4O5/c17-9-8(10(18)15-12(21)14-9)5-13-16-7-3-1-6(2-4-7)11(19)20/h1-5,16H,(H,19,20)(H3,14,15,17,18,21). The molecule has 0 saturated heterocycles. The van der Waals surface area contributed by atoms with Gasteiger partial charge in [0.1, 0.15) is 5.56 Å². The van der Waals surface area contributed by atoms with Crippen LogP contribution in [-0.2, 0) is 0 Å². The van der Waals surface area contributed by atoms with E-state index in [9.17, 15) is 19.5 Å². The summed E-state index contributed by atoms with van der Waals surface area (Å²) in [5, 5.41) is 21.9. The van der Waals surface area contributed by atoms with Crippen LogP contribution >= 0.6 is 0 Å². The lowest BCUT2D eigenvalue weighted by atomic mass is 10.2. The molecule has 21 heavy (non-hydrogen) atoms. The van der Waals surface area contributed by atoms with Crippen LogP contribution in [-0.4, -0.2) is 32.4 Å². The molecular weight excluding hydrogens is 280 g/mol. The van der Waals surface area contributed by atoms with Crippen molar-refractivity contribution < 1.29 is 15.0 Å². The van der Waals surface area contributed by atoms with Crippen LogP contribution < -0.4 is 16.7 Å². The normalized spacial score (nSPS) is 10.7. The van der Waals surface area contributed by atoms with Crippen LogP contribution in [0.1, 0.15) is 15.9 Å². The summed E-state index contributed by atoms with van der Waals surface area (Å²) in [7, 11) is 0. The van der Waals surface area contributed by atoms with Crippen molar-refractivity contribution in [1.82, 2.24) is 9.97 Å². The minimum atomic E-state index is -1.05. The molecule has 5 N–H and O–H groups in total. The first kappa shape index (κ1) is 14.1. The number of hydrogen-bond acceptors (Lipinski definition) is 6. The maximum absolute atomic E-state index is 11.4. The van der Waals surface area contributed by atoms with E-state index in [2.05, 4.69) is 10.5 Å². The molecule has 0 bridgehead atoms. The highest BCUT2D eigenvalue weighted by Gasteiger charge is 2.05. The fourth-order valence-corrected chi connectivity index (χ4v) is 1.46. The Morgan fingerprint density at radius 2 is 1.86 bits per heavy atom. The van der Waals surface area contributed by atoms with Crippen molar-refractivity contribution in [2.45, 2.75) is 0 Å². The minimum Gasteiger partial charge on any atom is -0.494 e. The zero-order valence-electron chi connectivity index (χ0n) is 10.5. The molecule has 0 radical (unpaired) electrons. The number of nitrogens with zero attached hydrogens (tertiary/aromatic N) is 1. The molecule has 0 amide bonds. The Labute approximate surface area is 116 Å². The number of carboxylic acids is 1. The van der Waals surface area contributed by atoms with Gasteiger partial charge in [0.25, 0.3) is 5.56 Å². The SMILES string of the molecule is O=C(O)c1ccc(NN=Cc2c(O)[nH]c(=O)[nH]c2=O)cc1. The Bertz CT molecular complexity index is 804. The van der Waals surface area contributed by atoms with Gasteiger partial charge in [-0.25, -0.2) is 9.59 Å². The fraction of sp³-hybridized carbons (Fsp3) is 0.